The maximum atomic E-state index is 11.2. The lowest BCUT2D eigenvalue weighted by Gasteiger charge is -2.16. The van der Waals surface area contributed by atoms with Gasteiger partial charge in [-0.1, -0.05) is 6.07 Å². The molecule has 1 atom stereocenters. The number of hydrogen-bond donors (Lipinski definition) is 0. The molecule has 98 valence electrons. The normalized spacial score (nSPS) is 12.1. The van der Waals surface area contributed by atoms with Crippen LogP contribution in [-0.4, -0.2) is 27.9 Å². The number of nitrogens with zero attached hydrogens (tertiary/aromatic N) is 5. The van der Waals surface area contributed by atoms with Gasteiger partial charge in [-0.3, -0.25) is 0 Å². The first-order valence-corrected chi connectivity index (χ1v) is 5.76. The molecule has 19 heavy (non-hydrogen) atoms. The van der Waals surface area contributed by atoms with Crippen LogP contribution in [0.1, 0.15) is 6.92 Å². The van der Waals surface area contributed by atoms with E-state index in [-0.39, 0.29) is 17.6 Å². The van der Waals surface area contributed by atoms with Crippen LogP contribution in [0, 0.1) is 27.4 Å². The van der Waals surface area contributed by atoms with Crippen LogP contribution in [0.3, 0.4) is 0 Å². The molecule has 0 aliphatic rings. The minimum Gasteiger partial charge on any atom is -0.358 e. The van der Waals surface area contributed by atoms with Crippen LogP contribution in [0.15, 0.2) is 24.4 Å². The Labute approximate surface area is 109 Å². The summed E-state index contributed by atoms with van der Waals surface area (Å²) in [6.45, 7) is 2.15. The average molecular weight is 259 g/mol. The Kier molecular flexibility index (Phi) is 3.33. The van der Waals surface area contributed by atoms with Crippen molar-refractivity contribution in [2.75, 3.05) is 18.5 Å². The molecule has 2 heterocycles. The number of aromatic nitrogens is 2. The molecule has 0 radical (unpaired) electrons. The van der Waals surface area contributed by atoms with Crippen LogP contribution in [-0.2, 0) is 0 Å². The van der Waals surface area contributed by atoms with E-state index in [1.54, 1.807) is 43.3 Å². The van der Waals surface area contributed by atoms with Gasteiger partial charge in [0, 0.05) is 19.7 Å². The van der Waals surface area contributed by atoms with E-state index in [0.29, 0.717) is 12.2 Å². The van der Waals surface area contributed by atoms with Gasteiger partial charge < -0.3 is 15.0 Å². The zero-order valence-electron chi connectivity index (χ0n) is 10.6. The van der Waals surface area contributed by atoms with Gasteiger partial charge in [0.15, 0.2) is 0 Å². The number of hydrogen-bond acceptors (Lipinski definition) is 5. The van der Waals surface area contributed by atoms with E-state index in [9.17, 15) is 10.1 Å². The summed E-state index contributed by atoms with van der Waals surface area (Å²) in [6.07, 6.45) is 1.60. The van der Waals surface area contributed by atoms with Crippen molar-refractivity contribution in [3.63, 3.8) is 0 Å². The third-order valence-corrected chi connectivity index (χ3v) is 2.79. The number of nitriles is 1. The fraction of sp³-hybridized carbons (Fsp3) is 0.333. The lowest BCUT2D eigenvalue weighted by Crippen LogP contribution is -2.24. The minimum absolute atomic E-state index is 0.0803. The summed E-state index contributed by atoms with van der Waals surface area (Å²) < 4.78 is 1.43. The SMILES string of the molecule is C[C@@H](C#N)CN(C)c1nc2ccccn2c1[N+](=O)[O-]. The second kappa shape index (κ2) is 4.94. The van der Waals surface area contributed by atoms with Crippen molar-refractivity contribution >= 4 is 17.3 Å². The summed E-state index contributed by atoms with van der Waals surface area (Å²) >= 11 is 0. The molecular weight excluding hydrogens is 246 g/mol. The lowest BCUT2D eigenvalue weighted by molar-refractivity contribution is -0.389. The second-order valence-electron chi connectivity index (χ2n) is 4.36. The second-order valence-corrected chi connectivity index (χ2v) is 4.36. The number of pyridine rings is 1. The van der Waals surface area contributed by atoms with E-state index in [2.05, 4.69) is 11.1 Å². The topological polar surface area (TPSA) is 87.5 Å². The summed E-state index contributed by atoms with van der Waals surface area (Å²) in [4.78, 5) is 16.7. The maximum Gasteiger partial charge on any atom is 0.372 e. The van der Waals surface area contributed by atoms with Crippen LogP contribution in [0.4, 0.5) is 11.6 Å². The smallest absolute Gasteiger partial charge is 0.358 e. The number of fused-ring (bicyclic) bond motifs is 1. The third kappa shape index (κ3) is 2.33. The molecule has 0 aliphatic carbocycles. The molecule has 0 spiro atoms. The van der Waals surface area contributed by atoms with E-state index >= 15 is 0 Å². The van der Waals surface area contributed by atoms with Gasteiger partial charge in [0.05, 0.1) is 18.2 Å². The molecule has 0 amide bonds. The Bertz CT molecular complexity index is 658. The van der Waals surface area contributed by atoms with E-state index in [1.807, 2.05) is 0 Å². The highest BCUT2D eigenvalue weighted by Gasteiger charge is 2.25. The Morgan fingerprint density at radius 3 is 3.00 bits per heavy atom. The summed E-state index contributed by atoms with van der Waals surface area (Å²) in [5.41, 5.74) is 0.515. The zero-order chi connectivity index (χ0) is 14.0. The minimum atomic E-state index is -0.455. The Balaban J connectivity index is 2.51. The monoisotopic (exact) mass is 259 g/mol. The predicted octanol–water partition coefficient (Wildman–Crippen LogP) is 1.84. The molecule has 2 aromatic rings. The molecule has 2 aromatic heterocycles. The average Bonchev–Trinajstić information content (AvgIpc) is 2.77. The Hall–Kier alpha value is -2.62. The van der Waals surface area contributed by atoms with Gasteiger partial charge in [-0.2, -0.15) is 14.6 Å². The fourth-order valence-electron chi connectivity index (χ4n) is 1.93. The Morgan fingerprint density at radius 2 is 2.37 bits per heavy atom. The molecule has 0 aliphatic heterocycles. The van der Waals surface area contributed by atoms with Gasteiger partial charge in [-0.15, -0.1) is 0 Å². The summed E-state index contributed by atoms with van der Waals surface area (Å²) in [6, 6.07) is 7.29. The van der Waals surface area contributed by atoms with Crippen molar-refractivity contribution in [1.29, 1.82) is 5.26 Å². The first kappa shape index (κ1) is 12.8. The van der Waals surface area contributed by atoms with Crippen molar-refractivity contribution in [1.82, 2.24) is 9.38 Å². The number of imidazole rings is 1. The molecule has 2 rings (SSSR count). The van der Waals surface area contributed by atoms with E-state index in [4.69, 9.17) is 5.26 Å². The van der Waals surface area contributed by atoms with Gasteiger partial charge >= 0.3 is 5.82 Å². The quantitative estimate of drug-likeness (QED) is 0.617. The highest BCUT2D eigenvalue weighted by molar-refractivity contribution is 5.63. The third-order valence-electron chi connectivity index (χ3n) is 2.79. The van der Waals surface area contributed by atoms with Gasteiger partial charge in [0.1, 0.15) is 0 Å². The maximum absolute atomic E-state index is 11.2. The van der Waals surface area contributed by atoms with Crippen molar-refractivity contribution in [3.8, 4) is 6.07 Å². The molecule has 0 N–H and O–H groups in total. The molecular formula is C12H13N5O2. The number of rotatable bonds is 4. The van der Waals surface area contributed by atoms with Gasteiger partial charge in [0.25, 0.3) is 0 Å². The largest absolute Gasteiger partial charge is 0.372 e. The first-order chi connectivity index (χ1) is 9.04. The molecule has 0 fully saturated rings. The molecule has 0 unspecified atom stereocenters. The van der Waals surface area contributed by atoms with Crippen molar-refractivity contribution in [2.45, 2.75) is 6.92 Å². The van der Waals surface area contributed by atoms with Crippen LogP contribution in [0.2, 0.25) is 0 Å². The molecule has 7 heteroatoms. The summed E-state index contributed by atoms with van der Waals surface area (Å²) in [5, 5.41) is 20.0. The number of anilines is 1. The summed E-state index contributed by atoms with van der Waals surface area (Å²) in [7, 11) is 1.70. The van der Waals surface area contributed by atoms with Crippen LogP contribution in [0.25, 0.3) is 5.65 Å². The predicted molar refractivity (Wildman–Crippen MR) is 69.9 cm³/mol. The molecule has 0 saturated carbocycles. The molecule has 7 nitrogen and oxygen atoms in total. The van der Waals surface area contributed by atoms with Gasteiger partial charge in [0.2, 0.25) is 11.5 Å². The van der Waals surface area contributed by atoms with Crippen molar-refractivity contribution in [3.05, 3.63) is 34.5 Å². The first-order valence-electron chi connectivity index (χ1n) is 5.76. The molecule has 0 aromatic carbocycles. The van der Waals surface area contributed by atoms with E-state index < -0.39 is 4.92 Å². The summed E-state index contributed by atoms with van der Waals surface area (Å²) in [5.74, 6) is -0.0315. The highest BCUT2D eigenvalue weighted by Crippen LogP contribution is 2.28. The zero-order valence-corrected chi connectivity index (χ0v) is 10.6. The van der Waals surface area contributed by atoms with Crippen molar-refractivity contribution in [2.24, 2.45) is 5.92 Å². The van der Waals surface area contributed by atoms with Gasteiger partial charge in [-0.25, -0.2) is 0 Å². The standard InChI is InChI=1S/C12H13N5O2/c1-9(7-13)8-15(2)11-12(17(18)19)16-6-4-3-5-10(16)14-11/h3-6,9H,8H2,1-2H3/t9-/m0/s1. The Morgan fingerprint density at radius 1 is 1.63 bits per heavy atom. The number of nitro groups is 1. The van der Waals surface area contributed by atoms with Crippen LogP contribution < -0.4 is 4.90 Å². The fourth-order valence-corrected chi connectivity index (χ4v) is 1.93. The molecule has 0 bridgehead atoms. The van der Waals surface area contributed by atoms with E-state index in [1.165, 1.54) is 4.40 Å². The van der Waals surface area contributed by atoms with E-state index in [0.717, 1.165) is 0 Å². The lowest BCUT2D eigenvalue weighted by atomic mass is 10.2. The van der Waals surface area contributed by atoms with Crippen LogP contribution in [0.5, 0.6) is 0 Å². The van der Waals surface area contributed by atoms with Crippen LogP contribution >= 0.6 is 0 Å². The highest BCUT2D eigenvalue weighted by atomic mass is 16.6. The molecule has 0 saturated heterocycles. The van der Waals surface area contributed by atoms with Gasteiger partial charge in [-0.05, 0) is 17.9 Å². The van der Waals surface area contributed by atoms with Crippen molar-refractivity contribution < 1.29 is 4.92 Å².